The monoisotopic (exact) mass is 606 g/mol. The molecule has 47 heavy (non-hydrogen) atoms. The number of fused-ring (bicyclic) bond motifs is 6. The van der Waals surface area contributed by atoms with Gasteiger partial charge in [0.05, 0.1) is 27.7 Å². The van der Waals surface area contributed by atoms with Crippen molar-refractivity contribution in [1.29, 1.82) is 0 Å². The van der Waals surface area contributed by atoms with Crippen molar-refractivity contribution in [2.24, 2.45) is 0 Å². The van der Waals surface area contributed by atoms with Gasteiger partial charge in [-0.25, -0.2) is 4.98 Å². The Morgan fingerprint density at radius 1 is 0.511 bits per heavy atom. The summed E-state index contributed by atoms with van der Waals surface area (Å²) < 4.78 is 76.0. The molecule has 0 N–H and O–H groups in total. The van der Waals surface area contributed by atoms with E-state index in [0.717, 1.165) is 49.9 Å². The molecular weight excluding hydrogens is 569 g/mol. The van der Waals surface area contributed by atoms with Gasteiger partial charge in [-0.3, -0.25) is 4.57 Å². The smallest absolute Gasteiger partial charge is 0.114 e. The van der Waals surface area contributed by atoms with E-state index in [2.05, 4.69) is 18.2 Å². The summed E-state index contributed by atoms with van der Waals surface area (Å²) in [5.74, 6) is 0.775. The first-order valence-electron chi connectivity index (χ1n) is 19.8. The molecule has 0 atom stereocenters. The molecule has 2 nitrogen and oxygen atoms in total. The normalized spacial score (nSPS) is 14.4. The highest BCUT2D eigenvalue weighted by Gasteiger charge is 2.25. The van der Waals surface area contributed by atoms with Crippen LogP contribution in [-0.2, 0) is 6.42 Å². The van der Waals surface area contributed by atoms with E-state index in [4.69, 9.17) is 10.5 Å². The Bertz CT molecular complexity index is 3070. The van der Waals surface area contributed by atoms with Crippen LogP contribution in [0.15, 0.2) is 151 Å². The van der Waals surface area contributed by atoms with Crippen molar-refractivity contribution >= 4 is 43.4 Å². The first-order valence-corrected chi connectivity index (χ1v) is 15.8. The predicted molar refractivity (Wildman–Crippen MR) is 198 cm³/mol. The average Bonchev–Trinajstić information content (AvgIpc) is 3.76. The van der Waals surface area contributed by atoms with E-state index in [1.165, 1.54) is 0 Å². The molecule has 220 valence electrons. The lowest BCUT2D eigenvalue weighted by Crippen LogP contribution is -2.03. The Balaban J connectivity index is 1.46. The molecule has 1 heterocycles. The number of rotatable bonds is 4. The van der Waals surface area contributed by atoms with Crippen LogP contribution in [0.5, 0.6) is 0 Å². The highest BCUT2D eigenvalue weighted by molar-refractivity contribution is 6.26. The molecule has 0 amide bonds. The molecule has 0 spiro atoms. The number of hydrogen-bond donors (Lipinski definition) is 0. The second kappa shape index (κ2) is 10.0. The fourth-order valence-electron chi connectivity index (χ4n) is 7.65. The van der Waals surface area contributed by atoms with Crippen LogP contribution in [0.1, 0.15) is 23.7 Å². The minimum absolute atomic E-state index is 0.181. The molecule has 10 rings (SSSR count). The zero-order valence-electron chi connectivity index (χ0n) is 33.4. The van der Waals surface area contributed by atoms with Gasteiger partial charge < -0.3 is 0 Å². The number of hydrogen-bond acceptors (Lipinski definition) is 1. The maximum absolute atomic E-state index is 9.55. The van der Waals surface area contributed by atoms with Gasteiger partial charge in [-0.15, -0.1) is 0 Å². The number of nitrogens with zero attached hydrogens (tertiary/aromatic N) is 2. The van der Waals surface area contributed by atoms with E-state index in [9.17, 15) is 5.48 Å². The first kappa shape index (κ1) is 19.5. The van der Waals surface area contributed by atoms with E-state index in [-0.39, 0.29) is 45.7 Å². The maximum atomic E-state index is 9.55. The fraction of sp³-hybridized carbons (Fsp3) is 0.0444. The quantitative estimate of drug-likeness (QED) is 0.182. The second-order valence-corrected chi connectivity index (χ2v) is 11.9. The Morgan fingerprint density at radius 3 is 1.72 bits per heavy atom. The zero-order valence-corrected chi connectivity index (χ0v) is 25.4. The molecule has 0 aliphatic heterocycles. The molecule has 2 heteroatoms. The van der Waals surface area contributed by atoms with Gasteiger partial charge >= 0.3 is 0 Å². The largest absolute Gasteiger partial charge is 0.296 e. The van der Waals surface area contributed by atoms with Gasteiger partial charge in [0.1, 0.15) is 5.82 Å². The van der Waals surface area contributed by atoms with Crippen LogP contribution in [0.2, 0.25) is 0 Å². The standard InChI is InChI=1S/C45H30N2/c1-2-42-46-39-23-10-12-25-41(39)47(42)40-24-11-9-20-38(40)45-33-18-7-5-16-31(33)44(32-17-6-8-19-34(32)45)37-27-26-36-29-15-4-3-14-28(29)30-21-13-22-35(37)43(30)36/h3-27H,2H2,1H3/i5D,6D,7D,8D,16D,17D,18D,19D. The van der Waals surface area contributed by atoms with E-state index in [1.54, 1.807) is 0 Å². The minimum atomic E-state index is -0.430. The first-order chi connectivity index (χ1) is 26.6. The molecule has 1 aliphatic rings. The minimum Gasteiger partial charge on any atom is -0.296 e. The van der Waals surface area contributed by atoms with Crippen molar-refractivity contribution in [3.8, 4) is 50.2 Å². The molecule has 8 aromatic carbocycles. The van der Waals surface area contributed by atoms with E-state index < -0.39 is 24.2 Å². The van der Waals surface area contributed by atoms with Crippen LogP contribution >= 0.6 is 0 Å². The van der Waals surface area contributed by atoms with Crippen molar-refractivity contribution < 1.29 is 11.0 Å². The summed E-state index contributed by atoms with van der Waals surface area (Å²) >= 11 is 0. The molecule has 0 bridgehead atoms. The Hall–Kier alpha value is -5.99. The van der Waals surface area contributed by atoms with Crippen molar-refractivity contribution in [1.82, 2.24) is 9.55 Å². The van der Waals surface area contributed by atoms with Gasteiger partial charge in [-0.2, -0.15) is 0 Å². The predicted octanol–water partition coefficient (Wildman–Crippen LogP) is 12.0. The van der Waals surface area contributed by atoms with Gasteiger partial charge in [0, 0.05) is 12.0 Å². The second-order valence-electron chi connectivity index (χ2n) is 11.9. The van der Waals surface area contributed by atoms with Gasteiger partial charge in [0.15, 0.2) is 0 Å². The van der Waals surface area contributed by atoms with Gasteiger partial charge in [0.25, 0.3) is 0 Å². The summed E-state index contributed by atoms with van der Waals surface area (Å²) in [4.78, 5) is 4.92. The van der Waals surface area contributed by atoms with Crippen LogP contribution in [-0.4, -0.2) is 9.55 Å². The zero-order chi connectivity index (χ0) is 38.0. The van der Waals surface area contributed by atoms with Crippen LogP contribution in [0, 0.1) is 0 Å². The van der Waals surface area contributed by atoms with Crippen LogP contribution in [0.25, 0.3) is 93.5 Å². The lowest BCUT2D eigenvalue weighted by molar-refractivity contribution is 0.909. The lowest BCUT2D eigenvalue weighted by atomic mass is 9.84. The molecular formula is C45H30N2. The summed E-state index contributed by atoms with van der Waals surface area (Å²) in [6, 6.07) is 30.6. The van der Waals surface area contributed by atoms with Crippen LogP contribution < -0.4 is 0 Å². The third kappa shape index (κ3) is 3.64. The van der Waals surface area contributed by atoms with E-state index >= 15 is 0 Å². The molecule has 9 aromatic rings. The third-order valence-electron chi connectivity index (χ3n) is 9.55. The van der Waals surface area contributed by atoms with Crippen molar-refractivity contribution in [3.63, 3.8) is 0 Å². The third-order valence-corrected chi connectivity index (χ3v) is 9.55. The molecule has 0 radical (unpaired) electrons. The van der Waals surface area contributed by atoms with Crippen LogP contribution in [0.4, 0.5) is 0 Å². The molecule has 1 aromatic heterocycles. The number of para-hydroxylation sites is 3. The summed E-state index contributed by atoms with van der Waals surface area (Å²) in [6.07, 6.45) is 0.595. The fourth-order valence-corrected chi connectivity index (χ4v) is 7.65. The summed E-state index contributed by atoms with van der Waals surface area (Å²) in [5, 5.41) is 2.54. The summed E-state index contributed by atoms with van der Waals surface area (Å²) in [5.41, 5.74) is 8.36. The van der Waals surface area contributed by atoms with Crippen LogP contribution in [0.3, 0.4) is 0 Å². The molecule has 1 aliphatic carbocycles. The molecule has 0 saturated carbocycles. The Morgan fingerprint density at radius 2 is 1.04 bits per heavy atom. The number of aryl methyl sites for hydroxylation is 1. The molecule has 0 unspecified atom stereocenters. The number of aromatic nitrogens is 2. The maximum Gasteiger partial charge on any atom is 0.114 e. The van der Waals surface area contributed by atoms with Gasteiger partial charge in [-0.05, 0) is 89.5 Å². The topological polar surface area (TPSA) is 17.8 Å². The SMILES string of the molecule is [2H]c1c([2H])c([2H])c2c(-c3ccc4c5c(cccc35)-c3ccccc3-4)c3c([2H])c([2H])c([2H])c([2H])c3c(-c3ccccc3-n3c(CC)nc4ccccc43)c2c1[2H]. The van der Waals surface area contributed by atoms with Gasteiger partial charge in [0.2, 0.25) is 0 Å². The average molecular weight is 607 g/mol. The Labute approximate surface area is 284 Å². The summed E-state index contributed by atoms with van der Waals surface area (Å²) in [7, 11) is 0. The highest BCUT2D eigenvalue weighted by atomic mass is 15.1. The van der Waals surface area contributed by atoms with E-state index in [0.29, 0.717) is 34.4 Å². The Kier molecular flexibility index (Phi) is 4.15. The molecule has 0 saturated heterocycles. The highest BCUT2D eigenvalue weighted by Crippen LogP contribution is 2.52. The number of benzene rings is 8. The van der Waals surface area contributed by atoms with Gasteiger partial charge in [-0.1, -0.05) is 140 Å². The summed E-state index contributed by atoms with van der Waals surface area (Å²) in [6.45, 7) is 2.02. The van der Waals surface area contributed by atoms with Crippen molar-refractivity contribution in [2.45, 2.75) is 13.3 Å². The van der Waals surface area contributed by atoms with Crippen molar-refractivity contribution in [3.05, 3.63) is 157 Å². The van der Waals surface area contributed by atoms with Crippen molar-refractivity contribution in [2.75, 3.05) is 0 Å². The number of imidazole rings is 1. The molecule has 0 fully saturated rings. The van der Waals surface area contributed by atoms with E-state index in [1.807, 2.05) is 96.4 Å². The lowest BCUT2D eigenvalue weighted by Gasteiger charge is -2.21.